The molecule has 0 aromatic heterocycles. The topological polar surface area (TPSA) is 76.0 Å². The quantitative estimate of drug-likeness (QED) is 0.782. The van der Waals surface area contributed by atoms with Gasteiger partial charge in [-0.3, -0.25) is 4.79 Å². The number of carbonyl (C=O) groups excluding carboxylic acids is 1. The maximum Gasteiger partial charge on any atom is 0.174 e. The number of Topliss-reactive ketones (excluding diaryl/α,β-unsaturated/α-hetero) is 1. The van der Waals surface area contributed by atoms with E-state index in [0.717, 1.165) is 11.1 Å². The highest BCUT2D eigenvalue weighted by molar-refractivity contribution is 6.03. The number of aromatic hydroxyl groups is 2. The molecule has 5 nitrogen and oxygen atoms in total. The van der Waals surface area contributed by atoms with Crippen molar-refractivity contribution < 1.29 is 24.5 Å². The van der Waals surface area contributed by atoms with Crippen LogP contribution in [0, 0.1) is 0 Å². The van der Waals surface area contributed by atoms with Crippen molar-refractivity contribution in [2.75, 3.05) is 7.11 Å². The van der Waals surface area contributed by atoms with E-state index in [1.165, 1.54) is 6.07 Å². The van der Waals surface area contributed by atoms with Crippen LogP contribution < -0.4 is 9.47 Å². The van der Waals surface area contributed by atoms with Gasteiger partial charge in [-0.1, -0.05) is 17.7 Å². The number of hydrogen-bond acceptors (Lipinski definition) is 5. The Labute approximate surface area is 152 Å². The van der Waals surface area contributed by atoms with Crippen molar-refractivity contribution >= 4 is 5.78 Å². The van der Waals surface area contributed by atoms with Crippen molar-refractivity contribution in [1.29, 1.82) is 0 Å². The average molecular weight is 354 g/mol. The Bertz CT molecular complexity index is 852. The minimum absolute atomic E-state index is 0.0781. The number of fused-ring (bicyclic) bond motifs is 1. The highest BCUT2D eigenvalue weighted by Crippen LogP contribution is 2.45. The van der Waals surface area contributed by atoms with Gasteiger partial charge in [-0.2, -0.15) is 0 Å². The maximum atomic E-state index is 12.7. The molecule has 0 radical (unpaired) electrons. The van der Waals surface area contributed by atoms with Crippen LogP contribution in [-0.2, 0) is 6.42 Å². The number of phenols is 2. The van der Waals surface area contributed by atoms with Crippen molar-refractivity contribution in [2.24, 2.45) is 0 Å². The van der Waals surface area contributed by atoms with Crippen LogP contribution in [0.3, 0.4) is 0 Å². The summed E-state index contributed by atoms with van der Waals surface area (Å²) in [5, 5.41) is 20.8. The predicted octanol–water partition coefficient (Wildman–Crippen LogP) is 4.32. The van der Waals surface area contributed by atoms with E-state index < -0.39 is 6.10 Å². The highest BCUT2D eigenvalue weighted by atomic mass is 16.5. The standard InChI is InChI=1S/C21H22O5/c1-12(2)4-9-15-16(22)10-19-20(21(15)24)17(23)11-18(26-19)13-5-7-14(25-3)8-6-13/h5-8,10,18,22,24H,1,4,9,11H2,2-3H3. The van der Waals surface area contributed by atoms with E-state index in [9.17, 15) is 15.0 Å². The summed E-state index contributed by atoms with van der Waals surface area (Å²) in [7, 11) is 1.59. The molecule has 3 rings (SSSR count). The maximum absolute atomic E-state index is 12.7. The molecule has 5 heteroatoms. The average Bonchev–Trinajstić information content (AvgIpc) is 2.60. The molecule has 0 bridgehead atoms. The van der Waals surface area contributed by atoms with Crippen LogP contribution in [-0.4, -0.2) is 23.1 Å². The van der Waals surface area contributed by atoms with Crippen LogP contribution in [0.15, 0.2) is 42.5 Å². The molecular weight excluding hydrogens is 332 g/mol. The Kier molecular flexibility index (Phi) is 4.89. The molecule has 2 aromatic rings. The normalized spacial score (nSPS) is 15.9. The Hall–Kier alpha value is -2.95. The molecule has 1 heterocycles. The van der Waals surface area contributed by atoms with Gasteiger partial charge < -0.3 is 19.7 Å². The molecule has 2 aromatic carbocycles. The van der Waals surface area contributed by atoms with Gasteiger partial charge in [0, 0.05) is 11.6 Å². The lowest BCUT2D eigenvalue weighted by Gasteiger charge is -2.27. The van der Waals surface area contributed by atoms with Crippen molar-refractivity contribution in [2.45, 2.75) is 32.3 Å². The summed E-state index contributed by atoms with van der Waals surface area (Å²) in [5.74, 6) is 0.441. The van der Waals surface area contributed by atoms with Gasteiger partial charge in [-0.05, 0) is 37.5 Å². The van der Waals surface area contributed by atoms with Gasteiger partial charge in [0.2, 0.25) is 0 Å². The summed E-state index contributed by atoms with van der Waals surface area (Å²) in [5.41, 5.74) is 2.26. The van der Waals surface area contributed by atoms with E-state index in [2.05, 4.69) is 6.58 Å². The van der Waals surface area contributed by atoms with E-state index in [0.29, 0.717) is 24.2 Å². The SMILES string of the molecule is C=C(C)CCc1c(O)cc2c(c1O)C(=O)CC(c1ccc(OC)cc1)O2. The molecule has 0 fully saturated rings. The van der Waals surface area contributed by atoms with Crippen molar-refractivity contribution in [3.8, 4) is 23.0 Å². The largest absolute Gasteiger partial charge is 0.507 e. The highest BCUT2D eigenvalue weighted by Gasteiger charge is 2.32. The van der Waals surface area contributed by atoms with Gasteiger partial charge in [0.15, 0.2) is 5.78 Å². The number of methoxy groups -OCH3 is 1. The molecule has 1 atom stereocenters. The van der Waals surface area contributed by atoms with Crippen LogP contribution in [0.2, 0.25) is 0 Å². The number of allylic oxidation sites excluding steroid dienone is 1. The Morgan fingerprint density at radius 1 is 1.31 bits per heavy atom. The zero-order valence-electron chi connectivity index (χ0n) is 14.9. The van der Waals surface area contributed by atoms with Crippen molar-refractivity contribution in [1.82, 2.24) is 0 Å². The smallest absolute Gasteiger partial charge is 0.174 e. The molecule has 136 valence electrons. The molecular formula is C21H22O5. The van der Waals surface area contributed by atoms with E-state index in [4.69, 9.17) is 9.47 Å². The van der Waals surface area contributed by atoms with Crippen LogP contribution in [0.25, 0.3) is 0 Å². The van der Waals surface area contributed by atoms with Gasteiger partial charge in [0.1, 0.15) is 34.7 Å². The molecule has 1 aliphatic heterocycles. The molecule has 26 heavy (non-hydrogen) atoms. The zero-order chi connectivity index (χ0) is 18.8. The van der Waals surface area contributed by atoms with Crippen LogP contribution in [0.1, 0.15) is 47.4 Å². The number of hydrogen-bond donors (Lipinski definition) is 2. The number of ketones is 1. The first kappa shape index (κ1) is 17.9. The Balaban J connectivity index is 1.93. The number of ether oxygens (including phenoxy) is 2. The summed E-state index contributed by atoms with van der Waals surface area (Å²) >= 11 is 0. The molecule has 0 aliphatic carbocycles. The Morgan fingerprint density at radius 3 is 2.62 bits per heavy atom. The lowest BCUT2D eigenvalue weighted by atomic mass is 9.92. The molecule has 0 saturated carbocycles. The van der Waals surface area contributed by atoms with Gasteiger partial charge in [0.05, 0.1) is 13.5 Å². The van der Waals surface area contributed by atoms with Gasteiger partial charge >= 0.3 is 0 Å². The number of rotatable bonds is 5. The van der Waals surface area contributed by atoms with Gasteiger partial charge in [-0.15, -0.1) is 6.58 Å². The summed E-state index contributed by atoms with van der Waals surface area (Å²) in [4.78, 5) is 12.7. The van der Waals surface area contributed by atoms with E-state index in [1.54, 1.807) is 19.2 Å². The summed E-state index contributed by atoms with van der Waals surface area (Å²) in [6.45, 7) is 5.70. The lowest BCUT2D eigenvalue weighted by molar-refractivity contribution is 0.0844. The zero-order valence-corrected chi connectivity index (χ0v) is 14.9. The van der Waals surface area contributed by atoms with Gasteiger partial charge in [-0.25, -0.2) is 0 Å². The molecule has 0 amide bonds. The van der Waals surface area contributed by atoms with Crippen LogP contribution >= 0.6 is 0 Å². The fraction of sp³-hybridized carbons (Fsp3) is 0.286. The monoisotopic (exact) mass is 354 g/mol. The third kappa shape index (κ3) is 3.38. The molecule has 0 saturated heterocycles. The van der Waals surface area contributed by atoms with E-state index in [-0.39, 0.29) is 35.0 Å². The third-order valence-corrected chi connectivity index (χ3v) is 4.55. The van der Waals surface area contributed by atoms with Crippen LogP contribution in [0.5, 0.6) is 23.0 Å². The summed E-state index contributed by atoms with van der Waals surface area (Å²) < 4.78 is 11.0. The lowest BCUT2D eigenvalue weighted by Crippen LogP contribution is -2.21. The number of benzene rings is 2. The number of carbonyl (C=O) groups is 1. The summed E-state index contributed by atoms with van der Waals surface area (Å²) in [6.07, 6.45) is 0.678. The summed E-state index contributed by atoms with van der Waals surface area (Å²) in [6, 6.07) is 8.69. The van der Waals surface area contributed by atoms with E-state index >= 15 is 0 Å². The third-order valence-electron chi connectivity index (χ3n) is 4.55. The second kappa shape index (κ2) is 7.12. The second-order valence-corrected chi connectivity index (χ2v) is 6.56. The molecule has 1 unspecified atom stereocenters. The van der Waals surface area contributed by atoms with Crippen molar-refractivity contribution in [3.63, 3.8) is 0 Å². The van der Waals surface area contributed by atoms with Crippen molar-refractivity contribution in [3.05, 3.63) is 59.2 Å². The second-order valence-electron chi connectivity index (χ2n) is 6.56. The molecule has 0 spiro atoms. The fourth-order valence-corrected chi connectivity index (χ4v) is 3.09. The molecule has 1 aliphatic rings. The van der Waals surface area contributed by atoms with E-state index in [1.807, 2.05) is 19.1 Å². The first-order valence-corrected chi connectivity index (χ1v) is 8.46. The van der Waals surface area contributed by atoms with Crippen LogP contribution in [0.4, 0.5) is 0 Å². The fourth-order valence-electron chi connectivity index (χ4n) is 3.09. The first-order valence-electron chi connectivity index (χ1n) is 8.46. The Morgan fingerprint density at radius 2 is 2.00 bits per heavy atom. The minimum Gasteiger partial charge on any atom is -0.507 e. The first-order chi connectivity index (χ1) is 12.4. The predicted molar refractivity (Wildman–Crippen MR) is 98.2 cm³/mol. The number of phenolic OH excluding ortho intramolecular Hbond substituents is 2. The van der Waals surface area contributed by atoms with Gasteiger partial charge in [0.25, 0.3) is 0 Å². The molecule has 2 N–H and O–H groups in total. The minimum atomic E-state index is -0.471.